The van der Waals surface area contributed by atoms with Gasteiger partial charge in [-0.05, 0) is 12.8 Å². The van der Waals surface area contributed by atoms with Gasteiger partial charge in [0.15, 0.2) is 5.56 Å². The third-order valence-electron chi connectivity index (χ3n) is 5.83. The van der Waals surface area contributed by atoms with Crippen molar-refractivity contribution in [3.63, 3.8) is 0 Å². The summed E-state index contributed by atoms with van der Waals surface area (Å²) >= 11 is 0. The van der Waals surface area contributed by atoms with Crippen LogP contribution < -0.4 is 16.6 Å². The van der Waals surface area contributed by atoms with E-state index in [0.29, 0.717) is 5.82 Å². The summed E-state index contributed by atoms with van der Waals surface area (Å²) in [5.74, 6) is 0.504. The van der Waals surface area contributed by atoms with Gasteiger partial charge >= 0.3 is 5.69 Å². The summed E-state index contributed by atoms with van der Waals surface area (Å²) in [7, 11) is 4.67. The third kappa shape index (κ3) is 2.28. The van der Waals surface area contributed by atoms with E-state index in [-0.39, 0.29) is 29.0 Å². The molecule has 1 fully saturated rings. The number of ether oxygens (including phenoxy) is 1. The van der Waals surface area contributed by atoms with Gasteiger partial charge in [0.05, 0.1) is 6.10 Å². The topological polar surface area (TPSA) is 89.0 Å². The minimum atomic E-state index is -0.572. The number of hydrogen-bond donors (Lipinski definition) is 1. The van der Waals surface area contributed by atoms with Gasteiger partial charge in [-0.15, -0.1) is 0 Å². The summed E-state index contributed by atoms with van der Waals surface area (Å²) in [5, 5.41) is 12.7. The predicted molar refractivity (Wildman–Crippen MR) is 92.0 cm³/mol. The summed E-state index contributed by atoms with van der Waals surface area (Å²) in [6, 6.07) is 1.97. The largest absolute Gasteiger partial charge is 0.380 e. The molecule has 1 aliphatic rings. The van der Waals surface area contributed by atoms with Gasteiger partial charge in [0.2, 0.25) is 0 Å². The lowest BCUT2D eigenvalue weighted by Gasteiger charge is -2.60. The van der Waals surface area contributed by atoms with Gasteiger partial charge in [-0.25, -0.2) is 4.79 Å². The molecule has 0 bridgehead atoms. The molecule has 2 rings (SSSR count). The summed E-state index contributed by atoms with van der Waals surface area (Å²) in [5.41, 5.74) is -1.14. The monoisotopic (exact) mass is 334 g/mol. The first-order valence-corrected chi connectivity index (χ1v) is 8.30. The minimum Gasteiger partial charge on any atom is -0.380 e. The Morgan fingerprint density at radius 3 is 2.29 bits per heavy atom. The number of nitrogens with one attached hydrogen (secondary N) is 1. The molecular weight excluding hydrogens is 308 g/mol. The number of aromatic nitrogens is 2. The average Bonchev–Trinajstić information content (AvgIpc) is 2.59. The van der Waals surface area contributed by atoms with Crippen LogP contribution in [0.4, 0.5) is 5.82 Å². The van der Waals surface area contributed by atoms with Crippen LogP contribution in [0, 0.1) is 22.7 Å². The van der Waals surface area contributed by atoms with E-state index < -0.39 is 11.2 Å². The molecule has 1 saturated carbocycles. The van der Waals surface area contributed by atoms with Crippen LogP contribution in [0.1, 0.15) is 39.2 Å². The molecule has 7 nitrogen and oxygen atoms in total. The van der Waals surface area contributed by atoms with Crippen molar-refractivity contribution in [3.05, 3.63) is 26.4 Å². The molecule has 0 aliphatic heterocycles. The molecule has 7 heteroatoms. The minimum absolute atomic E-state index is 0.0299. The van der Waals surface area contributed by atoms with Crippen molar-refractivity contribution in [2.45, 2.75) is 45.8 Å². The van der Waals surface area contributed by atoms with Crippen LogP contribution in [0.5, 0.6) is 0 Å². The van der Waals surface area contributed by atoms with Crippen molar-refractivity contribution in [3.8, 4) is 6.07 Å². The van der Waals surface area contributed by atoms with Gasteiger partial charge in [0.1, 0.15) is 11.9 Å². The van der Waals surface area contributed by atoms with Crippen LogP contribution in [-0.4, -0.2) is 28.4 Å². The van der Waals surface area contributed by atoms with Gasteiger partial charge in [-0.1, -0.05) is 20.8 Å². The Morgan fingerprint density at radius 1 is 1.25 bits per heavy atom. The van der Waals surface area contributed by atoms with Crippen LogP contribution in [0.15, 0.2) is 9.59 Å². The van der Waals surface area contributed by atoms with Crippen LogP contribution in [0.2, 0.25) is 0 Å². The molecule has 1 aromatic heterocycles. The average molecular weight is 334 g/mol. The molecule has 1 aromatic rings. The maximum Gasteiger partial charge on any atom is 0.332 e. The van der Waals surface area contributed by atoms with E-state index in [1.165, 1.54) is 11.6 Å². The summed E-state index contributed by atoms with van der Waals surface area (Å²) in [6.45, 7) is 6.31. The highest BCUT2D eigenvalue weighted by Crippen LogP contribution is 2.53. The fraction of sp³-hybridized carbons (Fsp3) is 0.706. The fourth-order valence-corrected chi connectivity index (χ4v) is 4.36. The molecule has 0 amide bonds. The van der Waals surface area contributed by atoms with Gasteiger partial charge < -0.3 is 10.1 Å². The van der Waals surface area contributed by atoms with E-state index in [4.69, 9.17) is 4.74 Å². The van der Waals surface area contributed by atoms with Crippen LogP contribution in [0.25, 0.3) is 0 Å². The molecule has 1 N–H and O–H groups in total. The Kier molecular flexibility index (Phi) is 4.90. The fourth-order valence-electron chi connectivity index (χ4n) is 4.36. The zero-order valence-corrected chi connectivity index (χ0v) is 15.2. The Morgan fingerprint density at radius 2 is 1.83 bits per heavy atom. The predicted octanol–water partition coefficient (Wildman–Crippen LogP) is 1.21. The second-order valence-corrected chi connectivity index (χ2v) is 6.62. The molecular formula is C17H26N4O3. The highest BCUT2D eigenvalue weighted by atomic mass is 16.5. The van der Waals surface area contributed by atoms with E-state index >= 15 is 0 Å². The third-order valence-corrected chi connectivity index (χ3v) is 5.83. The van der Waals surface area contributed by atoms with Crippen LogP contribution in [-0.2, 0) is 18.8 Å². The summed E-state index contributed by atoms with van der Waals surface area (Å²) in [6.07, 6.45) is 1.93. The molecule has 1 aliphatic carbocycles. The molecule has 0 spiro atoms. The summed E-state index contributed by atoms with van der Waals surface area (Å²) < 4.78 is 7.97. The van der Waals surface area contributed by atoms with Gasteiger partial charge in [0.25, 0.3) is 5.56 Å². The SMILES string of the molecule is CCC1(CC)[C@H](Nc2c(C#N)c(=O)n(C)c(=O)n2C)[C@H](C)[C@H]1OC. The number of methoxy groups -OCH3 is 1. The van der Waals surface area contributed by atoms with E-state index in [9.17, 15) is 14.9 Å². The lowest BCUT2D eigenvalue weighted by atomic mass is 9.53. The Balaban J connectivity index is 2.55. The van der Waals surface area contributed by atoms with Crippen molar-refractivity contribution < 1.29 is 4.74 Å². The standard InChI is InChI=1S/C17H26N4O3/c1-7-17(8-2)12(10(3)13(17)24-6)19-14-11(9-18)15(22)21(5)16(23)20(14)4/h10,12-13,19H,7-8H2,1-6H3/t10-,12+,13+/m0/s1. The van der Waals surface area contributed by atoms with E-state index in [1.54, 1.807) is 14.2 Å². The van der Waals surface area contributed by atoms with Gasteiger partial charge in [-0.2, -0.15) is 5.26 Å². The second-order valence-electron chi connectivity index (χ2n) is 6.62. The molecule has 0 unspecified atom stereocenters. The zero-order chi connectivity index (χ0) is 18.2. The van der Waals surface area contributed by atoms with Crippen molar-refractivity contribution in [1.29, 1.82) is 5.26 Å². The molecule has 3 atom stereocenters. The summed E-state index contributed by atoms with van der Waals surface area (Å²) in [4.78, 5) is 24.5. The number of anilines is 1. The lowest BCUT2D eigenvalue weighted by Crippen LogP contribution is -2.67. The highest BCUT2D eigenvalue weighted by molar-refractivity contribution is 5.53. The van der Waals surface area contributed by atoms with Crippen molar-refractivity contribution >= 4 is 5.82 Å². The second kappa shape index (κ2) is 6.44. The molecule has 24 heavy (non-hydrogen) atoms. The van der Waals surface area contributed by atoms with Gasteiger partial charge in [0, 0.05) is 38.6 Å². The first-order chi connectivity index (χ1) is 11.3. The zero-order valence-electron chi connectivity index (χ0n) is 15.2. The van der Waals surface area contributed by atoms with Crippen LogP contribution in [0.3, 0.4) is 0 Å². The first-order valence-electron chi connectivity index (χ1n) is 8.30. The number of nitrogens with zero attached hydrogens (tertiary/aromatic N) is 3. The first kappa shape index (κ1) is 18.3. The Bertz CT molecular complexity index is 783. The van der Waals surface area contributed by atoms with E-state index in [0.717, 1.165) is 17.4 Å². The van der Waals surface area contributed by atoms with E-state index in [1.807, 2.05) is 6.07 Å². The Labute approximate surface area is 141 Å². The Hall–Kier alpha value is -2.07. The van der Waals surface area contributed by atoms with Crippen LogP contribution >= 0.6 is 0 Å². The maximum absolute atomic E-state index is 12.2. The number of rotatable bonds is 5. The number of hydrogen-bond acceptors (Lipinski definition) is 5. The quantitative estimate of drug-likeness (QED) is 0.874. The normalized spacial score (nSPS) is 25.0. The molecule has 0 radical (unpaired) electrons. The highest BCUT2D eigenvalue weighted by Gasteiger charge is 2.58. The van der Waals surface area contributed by atoms with Gasteiger partial charge in [-0.3, -0.25) is 13.9 Å². The lowest BCUT2D eigenvalue weighted by molar-refractivity contribution is -0.150. The molecule has 132 valence electrons. The van der Waals surface area contributed by atoms with E-state index in [2.05, 4.69) is 26.1 Å². The maximum atomic E-state index is 12.2. The number of nitriles is 1. The van der Waals surface area contributed by atoms with Crippen molar-refractivity contribution in [2.75, 3.05) is 12.4 Å². The molecule has 0 aromatic carbocycles. The van der Waals surface area contributed by atoms with Crippen molar-refractivity contribution in [1.82, 2.24) is 9.13 Å². The molecule has 1 heterocycles. The molecule has 0 saturated heterocycles. The van der Waals surface area contributed by atoms with Crippen molar-refractivity contribution in [2.24, 2.45) is 25.4 Å². The smallest absolute Gasteiger partial charge is 0.332 e.